The summed E-state index contributed by atoms with van der Waals surface area (Å²) < 4.78 is 5.36. The highest BCUT2D eigenvalue weighted by Gasteiger charge is 2.37. The maximum Gasteiger partial charge on any atom is 0.254 e. The minimum absolute atomic E-state index is 0.0271. The smallest absolute Gasteiger partial charge is 0.254 e. The van der Waals surface area contributed by atoms with E-state index in [1.165, 1.54) is 5.56 Å². The molecule has 0 unspecified atom stereocenters. The summed E-state index contributed by atoms with van der Waals surface area (Å²) in [5.41, 5.74) is 6.01. The fraction of sp³-hybridized carbons (Fsp3) is 0.462. The van der Waals surface area contributed by atoms with Crippen LogP contribution in [0.25, 0.3) is 0 Å². The van der Waals surface area contributed by atoms with Crippen LogP contribution in [0.3, 0.4) is 0 Å². The Morgan fingerprint density at radius 1 is 1.06 bits per heavy atom. The van der Waals surface area contributed by atoms with Crippen LogP contribution in [0, 0.1) is 19.8 Å². The predicted octanol–water partition coefficient (Wildman–Crippen LogP) is 4.53. The van der Waals surface area contributed by atoms with Crippen molar-refractivity contribution in [3.8, 4) is 5.75 Å². The second kappa shape index (κ2) is 8.85. The topological polar surface area (TPSA) is 61.9 Å². The molecule has 6 heteroatoms. The number of nitrogens with zero attached hydrogens (tertiary/aromatic N) is 2. The van der Waals surface area contributed by atoms with Crippen LogP contribution >= 0.6 is 0 Å². The fourth-order valence-corrected chi connectivity index (χ4v) is 4.94. The lowest BCUT2D eigenvalue weighted by Crippen LogP contribution is -2.40. The van der Waals surface area contributed by atoms with Gasteiger partial charge in [-0.05, 0) is 74.4 Å². The molecule has 1 N–H and O–H groups in total. The average Bonchev–Trinajstić information content (AvgIpc) is 3.12. The zero-order valence-electron chi connectivity index (χ0n) is 19.7. The molecule has 1 aliphatic carbocycles. The van der Waals surface area contributed by atoms with Gasteiger partial charge in [0, 0.05) is 55.6 Å². The molecule has 0 atom stereocenters. The molecule has 2 aromatic carbocycles. The van der Waals surface area contributed by atoms with Gasteiger partial charge in [0.2, 0.25) is 5.91 Å². The van der Waals surface area contributed by atoms with Crippen LogP contribution in [0.15, 0.2) is 30.3 Å². The highest BCUT2D eigenvalue weighted by atomic mass is 16.5. The number of carbonyl (C=O) groups is 2. The Bertz CT molecular complexity index is 1040. The Morgan fingerprint density at radius 3 is 2.44 bits per heavy atom. The van der Waals surface area contributed by atoms with E-state index >= 15 is 0 Å². The van der Waals surface area contributed by atoms with E-state index < -0.39 is 0 Å². The number of hydrogen-bond acceptors (Lipinski definition) is 4. The van der Waals surface area contributed by atoms with Gasteiger partial charge in [0.1, 0.15) is 5.75 Å². The maximum atomic E-state index is 13.2. The van der Waals surface area contributed by atoms with Crippen molar-refractivity contribution in [2.45, 2.75) is 52.1 Å². The molecule has 0 aromatic heterocycles. The molecule has 170 valence electrons. The number of amides is 2. The lowest BCUT2D eigenvalue weighted by molar-refractivity contribution is -0.121. The van der Waals surface area contributed by atoms with E-state index in [0.717, 1.165) is 59.5 Å². The summed E-state index contributed by atoms with van der Waals surface area (Å²) in [6.45, 7) is 4.74. The van der Waals surface area contributed by atoms with Crippen LogP contribution in [-0.4, -0.2) is 44.0 Å². The Hall–Kier alpha value is -3.02. The van der Waals surface area contributed by atoms with Crippen molar-refractivity contribution in [2.24, 2.45) is 5.92 Å². The monoisotopic (exact) mass is 435 g/mol. The SMILES string of the molecule is COc1cc(NC(=O)C2CCC(N3Cc4c(C)cc(N(C)C)cc4C3=O)CC2)ccc1C. The van der Waals surface area contributed by atoms with Gasteiger partial charge in [-0.15, -0.1) is 0 Å². The van der Waals surface area contributed by atoms with Crippen molar-refractivity contribution >= 4 is 23.2 Å². The minimum atomic E-state index is -0.0271. The van der Waals surface area contributed by atoms with Crippen molar-refractivity contribution in [3.63, 3.8) is 0 Å². The number of fused-ring (bicyclic) bond motifs is 1. The van der Waals surface area contributed by atoms with Crippen molar-refractivity contribution in [3.05, 3.63) is 52.6 Å². The summed E-state index contributed by atoms with van der Waals surface area (Å²) in [6.07, 6.45) is 3.30. The third-order valence-corrected chi connectivity index (χ3v) is 6.98. The van der Waals surface area contributed by atoms with E-state index in [9.17, 15) is 9.59 Å². The lowest BCUT2D eigenvalue weighted by Gasteiger charge is -2.34. The van der Waals surface area contributed by atoms with Crippen LogP contribution in [0.5, 0.6) is 5.75 Å². The van der Waals surface area contributed by atoms with Crippen LogP contribution in [-0.2, 0) is 11.3 Å². The molecule has 1 saturated carbocycles. The number of anilines is 2. The minimum Gasteiger partial charge on any atom is -0.496 e. The zero-order valence-corrected chi connectivity index (χ0v) is 19.7. The number of hydrogen-bond donors (Lipinski definition) is 1. The predicted molar refractivity (Wildman–Crippen MR) is 127 cm³/mol. The average molecular weight is 436 g/mol. The van der Waals surface area contributed by atoms with Gasteiger partial charge in [-0.3, -0.25) is 9.59 Å². The van der Waals surface area contributed by atoms with Crippen LogP contribution in [0.1, 0.15) is 52.7 Å². The summed E-state index contributed by atoms with van der Waals surface area (Å²) in [5, 5.41) is 3.04. The molecule has 0 saturated heterocycles. The normalized spacial score (nSPS) is 20.2. The molecule has 0 radical (unpaired) electrons. The molecule has 2 aromatic rings. The lowest BCUT2D eigenvalue weighted by atomic mass is 9.84. The molecular weight excluding hydrogens is 402 g/mol. The maximum absolute atomic E-state index is 13.2. The number of aryl methyl sites for hydroxylation is 2. The van der Waals surface area contributed by atoms with Gasteiger partial charge in [-0.1, -0.05) is 6.07 Å². The molecule has 2 aliphatic rings. The third-order valence-electron chi connectivity index (χ3n) is 6.98. The van der Waals surface area contributed by atoms with Crippen molar-refractivity contribution < 1.29 is 14.3 Å². The van der Waals surface area contributed by atoms with E-state index in [2.05, 4.69) is 18.3 Å². The first-order valence-corrected chi connectivity index (χ1v) is 11.4. The second-order valence-electron chi connectivity index (χ2n) is 9.30. The molecular formula is C26H33N3O3. The van der Waals surface area contributed by atoms with Gasteiger partial charge < -0.3 is 19.9 Å². The van der Waals surface area contributed by atoms with Crippen LogP contribution < -0.4 is 15.0 Å². The highest BCUT2D eigenvalue weighted by Crippen LogP contribution is 2.36. The van der Waals surface area contributed by atoms with Crippen LogP contribution in [0.4, 0.5) is 11.4 Å². The van der Waals surface area contributed by atoms with E-state index in [1.807, 2.05) is 55.1 Å². The standard InChI is InChI=1S/C26H33N3O3/c1-16-6-9-19(13-24(16)32-5)27-25(30)18-7-10-20(11-8-18)29-15-23-17(2)12-21(28(3)4)14-22(23)26(29)31/h6,9,12-14,18,20H,7-8,10-11,15H2,1-5H3,(H,27,30). The quantitative estimate of drug-likeness (QED) is 0.750. The molecule has 2 amide bonds. The number of benzene rings is 2. The zero-order chi connectivity index (χ0) is 23.0. The van der Waals surface area contributed by atoms with Crippen molar-refractivity contribution in [1.82, 2.24) is 4.90 Å². The molecule has 6 nitrogen and oxygen atoms in total. The summed E-state index contributed by atoms with van der Waals surface area (Å²) in [5.74, 6) is 0.926. The van der Waals surface area contributed by atoms with Gasteiger partial charge in [0.25, 0.3) is 5.91 Å². The van der Waals surface area contributed by atoms with Gasteiger partial charge in [-0.2, -0.15) is 0 Å². The Morgan fingerprint density at radius 2 is 1.78 bits per heavy atom. The summed E-state index contributed by atoms with van der Waals surface area (Å²) in [6, 6.07) is 10.1. The Kier molecular flexibility index (Phi) is 6.13. The van der Waals surface area contributed by atoms with Crippen molar-refractivity contribution in [2.75, 3.05) is 31.4 Å². The first-order valence-electron chi connectivity index (χ1n) is 11.4. The Labute approximate surface area is 190 Å². The first kappa shape index (κ1) is 22.2. The van der Waals surface area contributed by atoms with Gasteiger partial charge in [0.15, 0.2) is 0 Å². The molecule has 1 fully saturated rings. The number of rotatable bonds is 5. The summed E-state index contributed by atoms with van der Waals surface area (Å²) in [7, 11) is 5.63. The fourth-order valence-electron chi connectivity index (χ4n) is 4.94. The van der Waals surface area contributed by atoms with Crippen molar-refractivity contribution in [1.29, 1.82) is 0 Å². The van der Waals surface area contributed by atoms with Gasteiger partial charge in [-0.25, -0.2) is 0 Å². The molecule has 1 heterocycles. The summed E-state index contributed by atoms with van der Waals surface area (Å²) >= 11 is 0. The molecule has 0 spiro atoms. The highest BCUT2D eigenvalue weighted by molar-refractivity contribution is 6.00. The number of carbonyl (C=O) groups excluding carboxylic acids is 2. The summed E-state index contributed by atoms with van der Waals surface area (Å²) in [4.78, 5) is 30.1. The van der Waals surface area contributed by atoms with Crippen LogP contribution in [0.2, 0.25) is 0 Å². The number of methoxy groups -OCH3 is 1. The number of nitrogens with one attached hydrogen (secondary N) is 1. The van der Waals surface area contributed by atoms with E-state index in [4.69, 9.17) is 4.74 Å². The van der Waals surface area contributed by atoms with E-state index in [-0.39, 0.29) is 23.8 Å². The molecule has 1 aliphatic heterocycles. The number of ether oxygens (including phenoxy) is 1. The molecule has 4 rings (SSSR count). The first-order chi connectivity index (χ1) is 15.3. The van der Waals surface area contributed by atoms with Gasteiger partial charge >= 0.3 is 0 Å². The second-order valence-corrected chi connectivity index (χ2v) is 9.30. The molecule has 0 bridgehead atoms. The van der Waals surface area contributed by atoms with E-state index in [0.29, 0.717) is 6.54 Å². The largest absolute Gasteiger partial charge is 0.496 e. The Balaban J connectivity index is 1.38. The van der Waals surface area contributed by atoms with E-state index in [1.54, 1.807) is 7.11 Å². The third kappa shape index (κ3) is 4.18. The van der Waals surface area contributed by atoms with Gasteiger partial charge in [0.05, 0.1) is 7.11 Å². The molecule has 32 heavy (non-hydrogen) atoms.